The summed E-state index contributed by atoms with van der Waals surface area (Å²) >= 11 is 0. The third-order valence-electron chi connectivity index (χ3n) is 3.39. The lowest BCUT2D eigenvalue weighted by atomic mass is 9.97. The van der Waals surface area contributed by atoms with Gasteiger partial charge in [0.2, 0.25) is 0 Å². The summed E-state index contributed by atoms with van der Waals surface area (Å²) in [5.41, 5.74) is 2.46. The van der Waals surface area contributed by atoms with E-state index in [2.05, 4.69) is 34.5 Å². The molecule has 16 heavy (non-hydrogen) atoms. The molecule has 0 aromatic heterocycles. The molecular formula is C13H20N2O. The van der Waals surface area contributed by atoms with Gasteiger partial charge < -0.3 is 15.3 Å². The van der Waals surface area contributed by atoms with E-state index in [4.69, 9.17) is 5.11 Å². The van der Waals surface area contributed by atoms with Crippen molar-refractivity contribution in [2.24, 2.45) is 5.92 Å². The predicted octanol–water partition coefficient (Wildman–Crippen LogP) is 1.94. The quantitative estimate of drug-likeness (QED) is 0.817. The number of benzene rings is 1. The molecule has 1 aromatic carbocycles. The Morgan fingerprint density at radius 2 is 2.00 bits per heavy atom. The van der Waals surface area contributed by atoms with Gasteiger partial charge in [-0.2, -0.15) is 0 Å². The largest absolute Gasteiger partial charge is 0.396 e. The van der Waals surface area contributed by atoms with E-state index in [1.54, 1.807) is 0 Å². The first kappa shape index (κ1) is 11.3. The summed E-state index contributed by atoms with van der Waals surface area (Å²) in [7, 11) is 1.96. The Hall–Kier alpha value is -1.22. The molecule has 3 nitrogen and oxygen atoms in total. The maximum absolute atomic E-state index is 9.12. The van der Waals surface area contributed by atoms with Gasteiger partial charge in [-0.25, -0.2) is 0 Å². The Kier molecular flexibility index (Phi) is 3.67. The van der Waals surface area contributed by atoms with E-state index in [1.807, 2.05) is 7.05 Å². The van der Waals surface area contributed by atoms with Crippen LogP contribution < -0.4 is 10.2 Å². The van der Waals surface area contributed by atoms with Crippen LogP contribution in [0.4, 0.5) is 11.4 Å². The molecule has 1 heterocycles. The Morgan fingerprint density at radius 1 is 1.31 bits per heavy atom. The van der Waals surface area contributed by atoms with E-state index >= 15 is 0 Å². The second-order valence-electron chi connectivity index (χ2n) is 4.38. The van der Waals surface area contributed by atoms with E-state index < -0.39 is 0 Å². The summed E-state index contributed by atoms with van der Waals surface area (Å²) in [6.45, 7) is 2.43. The molecule has 1 aliphatic rings. The van der Waals surface area contributed by atoms with Gasteiger partial charge in [-0.3, -0.25) is 0 Å². The minimum atomic E-state index is 0.335. The van der Waals surface area contributed by atoms with Gasteiger partial charge in [0.15, 0.2) is 0 Å². The highest BCUT2D eigenvalue weighted by Crippen LogP contribution is 2.29. The van der Waals surface area contributed by atoms with E-state index in [0.29, 0.717) is 12.5 Å². The van der Waals surface area contributed by atoms with Gasteiger partial charge >= 0.3 is 0 Å². The van der Waals surface area contributed by atoms with Crippen LogP contribution in [0.2, 0.25) is 0 Å². The monoisotopic (exact) mass is 220 g/mol. The van der Waals surface area contributed by atoms with Crippen LogP contribution in [0.15, 0.2) is 24.3 Å². The Morgan fingerprint density at radius 3 is 2.62 bits per heavy atom. The van der Waals surface area contributed by atoms with Crippen molar-refractivity contribution >= 4 is 11.4 Å². The van der Waals surface area contributed by atoms with Crippen LogP contribution in [0, 0.1) is 5.92 Å². The van der Waals surface area contributed by atoms with Crippen LogP contribution in [0.3, 0.4) is 0 Å². The predicted molar refractivity (Wildman–Crippen MR) is 68.0 cm³/mol. The van der Waals surface area contributed by atoms with Crippen molar-refractivity contribution in [2.75, 3.05) is 37.0 Å². The maximum atomic E-state index is 9.12. The molecule has 0 spiro atoms. The van der Waals surface area contributed by atoms with Gasteiger partial charge in [-0.15, -0.1) is 0 Å². The van der Waals surface area contributed by atoms with Crippen molar-refractivity contribution in [2.45, 2.75) is 12.8 Å². The fourth-order valence-electron chi connectivity index (χ4n) is 2.32. The number of nitrogens with one attached hydrogen (secondary N) is 1. The van der Waals surface area contributed by atoms with E-state index in [0.717, 1.165) is 25.9 Å². The lowest BCUT2D eigenvalue weighted by molar-refractivity contribution is 0.203. The SMILES string of the molecule is CNc1ccccc1N1CCC(CO)CC1. The summed E-state index contributed by atoms with van der Waals surface area (Å²) in [6, 6.07) is 8.39. The lowest BCUT2D eigenvalue weighted by Gasteiger charge is -2.34. The Balaban J connectivity index is 2.07. The Labute approximate surface area is 97.1 Å². The summed E-state index contributed by atoms with van der Waals surface area (Å²) in [5.74, 6) is 0.498. The fraction of sp³-hybridized carbons (Fsp3) is 0.538. The van der Waals surface area contributed by atoms with Gasteiger partial charge in [0.25, 0.3) is 0 Å². The number of piperidine rings is 1. The number of aliphatic hydroxyl groups is 1. The summed E-state index contributed by atoms with van der Waals surface area (Å²) < 4.78 is 0. The van der Waals surface area contributed by atoms with Gasteiger partial charge in [0.05, 0.1) is 11.4 Å². The molecule has 1 saturated heterocycles. The zero-order valence-electron chi connectivity index (χ0n) is 9.82. The molecule has 0 unspecified atom stereocenters. The number of rotatable bonds is 3. The molecular weight excluding hydrogens is 200 g/mol. The van der Waals surface area contributed by atoms with Crippen LogP contribution >= 0.6 is 0 Å². The number of nitrogens with zero attached hydrogens (tertiary/aromatic N) is 1. The number of hydrogen-bond donors (Lipinski definition) is 2. The molecule has 0 amide bonds. The molecule has 2 N–H and O–H groups in total. The minimum Gasteiger partial charge on any atom is -0.396 e. The number of anilines is 2. The van der Waals surface area contributed by atoms with Gasteiger partial charge in [0, 0.05) is 26.7 Å². The smallest absolute Gasteiger partial charge is 0.0601 e. The molecule has 88 valence electrons. The normalized spacial score (nSPS) is 17.5. The van der Waals surface area contributed by atoms with Crippen molar-refractivity contribution in [3.05, 3.63) is 24.3 Å². The first-order valence-electron chi connectivity index (χ1n) is 5.97. The number of para-hydroxylation sites is 2. The van der Waals surface area contributed by atoms with Crippen molar-refractivity contribution < 1.29 is 5.11 Å². The molecule has 0 aliphatic carbocycles. The Bertz CT molecular complexity index is 332. The summed E-state index contributed by atoms with van der Waals surface area (Å²) in [5, 5.41) is 12.3. The topological polar surface area (TPSA) is 35.5 Å². The van der Waals surface area contributed by atoms with E-state index in [1.165, 1.54) is 11.4 Å². The third kappa shape index (κ3) is 2.30. The number of hydrogen-bond acceptors (Lipinski definition) is 3. The van der Waals surface area contributed by atoms with Crippen molar-refractivity contribution in [3.63, 3.8) is 0 Å². The molecule has 0 radical (unpaired) electrons. The van der Waals surface area contributed by atoms with Gasteiger partial charge in [0.1, 0.15) is 0 Å². The number of aliphatic hydroxyl groups excluding tert-OH is 1. The highest BCUT2D eigenvalue weighted by Gasteiger charge is 2.19. The fourth-order valence-corrected chi connectivity index (χ4v) is 2.32. The average molecular weight is 220 g/mol. The van der Waals surface area contributed by atoms with E-state index in [9.17, 15) is 0 Å². The zero-order chi connectivity index (χ0) is 11.4. The van der Waals surface area contributed by atoms with Crippen LogP contribution in [0.1, 0.15) is 12.8 Å². The van der Waals surface area contributed by atoms with Gasteiger partial charge in [-0.05, 0) is 30.9 Å². The van der Waals surface area contributed by atoms with Crippen molar-refractivity contribution in [1.29, 1.82) is 0 Å². The molecule has 1 aromatic rings. The standard InChI is InChI=1S/C13H20N2O/c1-14-12-4-2-3-5-13(12)15-8-6-11(10-16)7-9-15/h2-5,11,14,16H,6-10H2,1H3. The third-order valence-corrected chi connectivity index (χ3v) is 3.39. The molecule has 1 aliphatic heterocycles. The van der Waals surface area contributed by atoms with Crippen LogP contribution in [0.5, 0.6) is 0 Å². The zero-order valence-corrected chi connectivity index (χ0v) is 9.82. The molecule has 0 bridgehead atoms. The molecule has 0 atom stereocenters. The second kappa shape index (κ2) is 5.21. The molecule has 3 heteroatoms. The van der Waals surface area contributed by atoms with Crippen LogP contribution in [0.25, 0.3) is 0 Å². The highest BCUT2D eigenvalue weighted by atomic mass is 16.3. The van der Waals surface area contributed by atoms with Crippen LogP contribution in [-0.4, -0.2) is 31.9 Å². The second-order valence-corrected chi connectivity index (χ2v) is 4.38. The molecule has 1 fully saturated rings. The first-order chi connectivity index (χ1) is 7.85. The summed E-state index contributed by atoms with van der Waals surface area (Å²) in [4.78, 5) is 2.40. The molecule has 0 saturated carbocycles. The highest BCUT2D eigenvalue weighted by molar-refractivity contribution is 5.69. The van der Waals surface area contributed by atoms with Crippen LogP contribution in [-0.2, 0) is 0 Å². The molecule has 2 rings (SSSR count). The summed E-state index contributed by atoms with van der Waals surface area (Å²) in [6.07, 6.45) is 2.18. The van der Waals surface area contributed by atoms with Gasteiger partial charge in [-0.1, -0.05) is 12.1 Å². The first-order valence-corrected chi connectivity index (χ1v) is 5.97. The van der Waals surface area contributed by atoms with Crippen molar-refractivity contribution in [1.82, 2.24) is 0 Å². The van der Waals surface area contributed by atoms with Crippen molar-refractivity contribution in [3.8, 4) is 0 Å². The van der Waals surface area contributed by atoms with E-state index in [-0.39, 0.29) is 0 Å². The maximum Gasteiger partial charge on any atom is 0.0601 e. The lowest BCUT2D eigenvalue weighted by Crippen LogP contribution is -2.35. The minimum absolute atomic E-state index is 0.335. The average Bonchev–Trinajstić information content (AvgIpc) is 2.39.